The summed E-state index contributed by atoms with van der Waals surface area (Å²) in [5.74, 6) is 0. The van der Waals surface area contributed by atoms with E-state index < -0.39 is 0 Å². The zero-order valence-electron chi connectivity index (χ0n) is 10.3. The van der Waals surface area contributed by atoms with Gasteiger partial charge in [-0.3, -0.25) is 0 Å². The average molecular weight is 218 g/mol. The van der Waals surface area contributed by atoms with E-state index in [1.165, 1.54) is 36.8 Å². The quantitative estimate of drug-likeness (QED) is 0.765. The first kappa shape index (κ1) is 11.5. The number of hydrogen-bond donors (Lipinski definition) is 2. The number of anilines is 1. The number of aryl methyl sites for hydroxylation is 1. The van der Waals surface area contributed by atoms with E-state index in [1.807, 2.05) is 6.07 Å². The van der Waals surface area contributed by atoms with Crippen molar-refractivity contribution in [3.63, 3.8) is 0 Å². The maximum Gasteiger partial charge on any atom is 0.0343 e. The van der Waals surface area contributed by atoms with Gasteiger partial charge in [0.25, 0.3) is 0 Å². The molecule has 1 aromatic carbocycles. The van der Waals surface area contributed by atoms with Crippen molar-refractivity contribution < 1.29 is 0 Å². The molecule has 0 radical (unpaired) electrons. The largest absolute Gasteiger partial charge is 0.399 e. The fourth-order valence-corrected chi connectivity index (χ4v) is 2.50. The third-order valence-electron chi connectivity index (χ3n) is 3.76. The van der Waals surface area contributed by atoms with Crippen LogP contribution in [0.4, 0.5) is 5.69 Å². The Morgan fingerprint density at radius 1 is 1.31 bits per heavy atom. The van der Waals surface area contributed by atoms with E-state index in [9.17, 15) is 0 Å². The first-order valence-corrected chi connectivity index (χ1v) is 6.19. The number of nitrogens with two attached hydrogens (primary N) is 1. The van der Waals surface area contributed by atoms with Crippen LogP contribution in [-0.4, -0.2) is 5.54 Å². The smallest absolute Gasteiger partial charge is 0.0343 e. The minimum Gasteiger partial charge on any atom is -0.399 e. The van der Waals surface area contributed by atoms with Crippen LogP contribution in [0.1, 0.15) is 43.7 Å². The fraction of sp³-hybridized carbons (Fsp3) is 0.571. The van der Waals surface area contributed by atoms with Crippen LogP contribution >= 0.6 is 0 Å². The van der Waals surface area contributed by atoms with Gasteiger partial charge in [0.1, 0.15) is 0 Å². The molecular formula is C14H22N2. The predicted molar refractivity (Wildman–Crippen MR) is 69.3 cm³/mol. The maximum atomic E-state index is 5.81. The van der Waals surface area contributed by atoms with Crippen molar-refractivity contribution in [1.82, 2.24) is 5.32 Å². The molecule has 0 amide bonds. The molecule has 88 valence electrons. The van der Waals surface area contributed by atoms with E-state index in [4.69, 9.17) is 5.73 Å². The van der Waals surface area contributed by atoms with Gasteiger partial charge in [-0.05, 0) is 43.9 Å². The molecule has 2 rings (SSSR count). The summed E-state index contributed by atoms with van der Waals surface area (Å²) in [4.78, 5) is 0. The lowest BCUT2D eigenvalue weighted by Gasteiger charge is -2.25. The molecule has 16 heavy (non-hydrogen) atoms. The first-order valence-electron chi connectivity index (χ1n) is 6.19. The van der Waals surface area contributed by atoms with Gasteiger partial charge in [0, 0.05) is 17.8 Å². The molecule has 0 aliphatic heterocycles. The highest BCUT2D eigenvalue weighted by Gasteiger charge is 2.27. The lowest BCUT2D eigenvalue weighted by molar-refractivity contribution is 0.363. The third-order valence-corrected chi connectivity index (χ3v) is 3.76. The molecule has 0 saturated heterocycles. The van der Waals surface area contributed by atoms with Crippen LogP contribution in [0, 0.1) is 6.92 Å². The van der Waals surface area contributed by atoms with Gasteiger partial charge in [0.15, 0.2) is 0 Å². The van der Waals surface area contributed by atoms with E-state index in [0.717, 1.165) is 12.2 Å². The summed E-state index contributed by atoms with van der Waals surface area (Å²) in [5, 5.41) is 3.68. The van der Waals surface area contributed by atoms with E-state index in [-0.39, 0.29) is 0 Å². The van der Waals surface area contributed by atoms with Gasteiger partial charge < -0.3 is 11.1 Å². The molecule has 1 fully saturated rings. The Morgan fingerprint density at radius 2 is 2.00 bits per heavy atom. The second-order valence-electron chi connectivity index (χ2n) is 5.31. The van der Waals surface area contributed by atoms with Crippen LogP contribution in [0.25, 0.3) is 0 Å². The second-order valence-corrected chi connectivity index (χ2v) is 5.31. The monoisotopic (exact) mass is 218 g/mol. The third kappa shape index (κ3) is 2.56. The summed E-state index contributed by atoms with van der Waals surface area (Å²) < 4.78 is 0. The highest BCUT2D eigenvalue weighted by atomic mass is 15.0. The highest BCUT2D eigenvalue weighted by Crippen LogP contribution is 2.29. The Hall–Kier alpha value is -1.02. The lowest BCUT2D eigenvalue weighted by atomic mass is 10.00. The highest BCUT2D eigenvalue weighted by molar-refractivity contribution is 5.47. The minimum absolute atomic E-state index is 0.356. The molecule has 0 unspecified atom stereocenters. The second kappa shape index (κ2) is 4.46. The van der Waals surface area contributed by atoms with Crippen LogP contribution < -0.4 is 11.1 Å². The van der Waals surface area contributed by atoms with Crippen LogP contribution in [-0.2, 0) is 6.54 Å². The first-order chi connectivity index (χ1) is 7.59. The average Bonchev–Trinajstić information content (AvgIpc) is 2.68. The Balaban J connectivity index is 1.96. The Bertz CT molecular complexity index is 365. The SMILES string of the molecule is Cc1cc(CNC2(C)CCCC2)ccc1N. The van der Waals surface area contributed by atoms with Crippen molar-refractivity contribution >= 4 is 5.69 Å². The predicted octanol–water partition coefficient (Wildman–Crippen LogP) is 3.00. The Kier molecular flexibility index (Phi) is 3.20. The molecule has 0 spiro atoms. The summed E-state index contributed by atoms with van der Waals surface area (Å²) in [6, 6.07) is 6.30. The summed E-state index contributed by atoms with van der Waals surface area (Å²) in [6.07, 6.45) is 5.34. The van der Waals surface area contributed by atoms with Crippen LogP contribution in [0.15, 0.2) is 18.2 Å². The standard InChI is InChI=1S/C14H22N2/c1-11-9-12(5-6-13(11)15)10-16-14(2)7-3-4-8-14/h5-6,9,16H,3-4,7-8,10,15H2,1-2H3. The van der Waals surface area contributed by atoms with E-state index in [0.29, 0.717) is 5.54 Å². The van der Waals surface area contributed by atoms with Gasteiger partial charge in [-0.25, -0.2) is 0 Å². The van der Waals surface area contributed by atoms with Gasteiger partial charge in [0.2, 0.25) is 0 Å². The molecule has 1 aliphatic carbocycles. The molecule has 0 heterocycles. The lowest BCUT2D eigenvalue weighted by Crippen LogP contribution is -2.38. The van der Waals surface area contributed by atoms with Crippen LogP contribution in [0.3, 0.4) is 0 Å². The molecule has 1 saturated carbocycles. The molecule has 0 aromatic heterocycles. The van der Waals surface area contributed by atoms with Crippen molar-refractivity contribution in [2.24, 2.45) is 0 Å². The van der Waals surface area contributed by atoms with Crippen molar-refractivity contribution in [3.8, 4) is 0 Å². The number of rotatable bonds is 3. The molecule has 0 atom stereocenters. The van der Waals surface area contributed by atoms with E-state index in [2.05, 4.69) is 31.3 Å². The molecule has 0 bridgehead atoms. The molecule has 2 heteroatoms. The topological polar surface area (TPSA) is 38.0 Å². The normalized spacial score (nSPS) is 18.9. The number of benzene rings is 1. The van der Waals surface area contributed by atoms with Gasteiger partial charge in [-0.15, -0.1) is 0 Å². The molecule has 1 aliphatic rings. The molecule has 2 nitrogen and oxygen atoms in total. The number of nitrogen functional groups attached to an aromatic ring is 1. The van der Waals surface area contributed by atoms with Crippen molar-refractivity contribution in [3.05, 3.63) is 29.3 Å². The van der Waals surface area contributed by atoms with Gasteiger partial charge in [-0.1, -0.05) is 25.0 Å². The Morgan fingerprint density at radius 3 is 2.62 bits per heavy atom. The van der Waals surface area contributed by atoms with Crippen molar-refractivity contribution in [2.45, 2.75) is 51.6 Å². The fourth-order valence-electron chi connectivity index (χ4n) is 2.50. The van der Waals surface area contributed by atoms with Gasteiger partial charge in [-0.2, -0.15) is 0 Å². The van der Waals surface area contributed by atoms with Crippen LogP contribution in [0.2, 0.25) is 0 Å². The van der Waals surface area contributed by atoms with Gasteiger partial charge in [0.05, 0.1) is 0 Å². The summed E-state index contributed by atoms with van der Waals surface area (Å²) >= 11 is 0. The number of nitrogens with one attached hydrogen (secondary N) is 1. The zero-order chi connectivity index (χ0) is 11.6. The van der Waals surface area contributed by atoms with Crippen LogP contribution in [0.5, 0.6) is 0 Å². The summed E-state index contributed by atoms with van der Waals surface area (Å²) in [6.45, 7) is 5.36. The number of hydrogen-bond acceptors (Lipinski definition) is 2. The molecular weight excluding hydrogens is 196 g/mol. The maximum absolute atomic E-state index is 5.81. The Labute approximate surface area is 98.2 Å². The molecule has 3 N–H and O–H groups in total. The molecule has 1 aromatic rings. The zero-order valence-corrected chi connectivity index (χ0v) is 10.3. The van der Waals surface area contributed by atoms with Crippen molar-refractivity contribution in [1.29, 1.82) is 0 Å². The summed E-state index contributed by atoms with van der Waals surface area (Å²) in [5.41, 5.74) is 9.56. The van der Waals surface area contributed by atoms with Crippen molar-refractivity contribution in [2.75, 3.05) is 5.73 Å². The summed E-state index contributed by atoms with van der Waals surface area (Å²) in [7, 11) is 0. The minimum atomic E-state index is 0.356. The van der Waals surface area contributed by atoms with E-state index >= 15 is 0 Å². The van der Waals surface area contributed by atoms with Gasteiger partial charge >= 0.3 is 0 Å². The van der Waals surface area contributed by atoms with E-state index in [1.54, 1.807) is 0 Å².